The van der Waals surface area contributed by atoms with Crippen LogP contribution in [-0.4, -0.2) is 21.9 Å². The van der Waals surface area contributed by atoms with Gasteiger partial charge in [0.1, 0.15) is 5.58 Å². The molecule has 2 heterocycles. The maximum Gasteiger partial charge on any atom is 0.270 e. The summed E-state index contributed by atoms with van der Waals surface area (Å²) in [5.74, 6) is -0.475. The number of nitrogens with one attached hydrogen (secondary N) is 1. The third-order valence-electron chi connectivity index (χ3n) is 5.61. The number of fused-ring (bicyclic) bond motifs is 1. The van der Waals surface area contributed by atoms with Crippen LogP contribution in [-0.2, 0) is 4.79 Å². The Morgan fingerprint density at radius 1 is 1.11 bits per heavy atom. The van der Waals surface area contributed by atoms with Crippen molar-refractivity contribution in [3.8, 4) is 28.3 Å². The Hall–Kier alpha value is -4.54. The van der Waals surface area contributed by atoms with Crippen molar-refractivity contribution >= 4 is 50.6 Å². The van der Waals surface area contributed by atoms with Crippen LogP contribution in [0.1, 0.15) is 6.92 Å². The Kier molecular flexibility index (Phi) is 6.91. The van der Waals surface area contributed by atoms with Crippen LogP contribution < -0.4 is 15.5 Å². The van der Waals surface area contributed by atoms with Gasteiger partial charge in [0, 0.05) is 33.7 Å². The van der Waals surface area contributed by atoms with Gasteiger partial charge in [-0.3, -0.25) is 25.0 Å². The molecule has 0 fully saturated rings. The number of aromatic nitrogens is 1. The zero-order valence-corrected chi connectivity index (χ0v) is 21.3. The van der Waals surface area contributed by atoms with E-state index in [-0.39, 0.29) is 22.3 Å². The van der Waals surface area contributed by atoms with Crippen LogP contribution in [0.3, 0.4) is 0 Å². The van der Waals surface area contributed by atoms with Crippen LogP contribution in [0.25, 0.3) is 33.6 Å². The Labute approximate surface area is 224 Å². The molecule has 5 aromatic rings. The summed E-state index contributed by atoms with van der Waals surface area (Å²) in [6.07, 6.45) is -1.09. The van der Waals surface area contributed by atoms with Crippen LogP contribution in [0.15, 0.2) is 87.4 Å². The highest BCUT2D eigenvalue weighted by Gasteiger charge is 2.24. The summed E-state index contributed by atoms with van der Waals surface area (Å²) < 4.78 is 11.9. The van der Waals surface area contributed by atoms with Gasteiger partial charge in [-0.1, -0.05) is 35.9 Å². The third-order valence-corrected chi connectivity index (χ3v) is 6.62. The van der Waals surface area contributed by atoms with Crippen LogP contribution in [0.2, 0.25) is 5.02 Å². The van der Waals surface area contributed by atoms with Crippen LogP contribution in [0.4, 0.5) is 10.8 Å². The molecule has 38 heavy (non-hydrogen) atoms. The van der Waals surface area contributed by atoms with Gasteiger partial charge < -0.3 is 9.15 Å². The molecular weight excluding hydrogens is 530 g/mol. The van der Waals surface area contributed by atoms with Crippen molar-refractivity contribution in [1.82, 2.24) is 4.98 Å². The highest BCUT2D eigenvalue weighted by atomic mass is 35.5. The third kappa shape index (κ3) is 5.13. The molecule has 0 aliphatic rings. The van der Waals surface area contributed by atoms with E-state index in [0.717, 1.165) is 11.3 Å². The molecule has 190 valence electrons. The minimum Gasteiger partial charge on any atom is -0.473 e. The monoisotopic (exact) mass is 547 g/mol. The van der Waals surface area contributed by atoms with E-state index in [4.69, 9.17) is 20.8 Å². The van der Waals surface area contributed by atoms with Crippen molar-refractivity contribution in [2.45, 2.75) is 13.0 Å². The van der Waals surface area contributed by atoms with Gasteiger partial charge in [-0.05, 0) is 43.3 Å². The highest BCUT2D eigenvalue weighted by Crippen LogP contribution is 2.33. The van der Waals surface area contributed by atoms with Gasteiger partial charge in [-0.15, -0.1) is 11.3 Å². The first-order valence-corrected chi connectivity index (χ1v) is 12.6. The van der Waals surface area contributed by atoms with E-state index in [9.17, 15) is 19.7 Å². The number of nitro groups is 1. The van der Waals surface area contributed by atoms with Gasteiger partial charge in [-0.2, -0.15) is 0 Å². The highest BCUT2D eigenvalue weighted by molar-refractivity contribution is 7.14. The van der Waals surface area contributed by atoms with E-state index >= 15 is 0 Å². The number of thiazole rings is 1. The van der Waals surface area contributed by atoms with Crippen molar-refractivity contribution in [3.63, 3.8) is 0 Å². The molecule has 0 radical (unpaired) electrons. The molecule has 9 nitrogen and oxygen atoms in total. The number of carbonyl (C=O) groups is 1. The minimum absolute atomic E-state index is 0.0613. The molecule has 11 heteroatoms. The zero-order chi connectivity index (χ0) is 26.8. The first kappa shape index (κ1) is 25.1. The maximum absolute atomic E-state index is 13.3. The number of para-hydroxylation sites is 1. The lowest BCUT2D eigenvalue weighted by atomic mass is 10.1. The normalized spacial score (nSPS) is 11.7. The lowest BCUT2D eigenvalue weighted by Crippen LogP contribution is -2.31. The van der Waals surface area contributed by atoms with Crippen molar-refractivity contribution in [3.05, 3.63) is 104 Å². The number of nitro benzene ring substituents is 1. The summed E-state index contributed by atoms with van der Waals surface area (Å²) in [6.45, 7) is 1.50. The molecule has 0 aliphatic heterocycles. The standard InChI is InChI=1S/C27H18ClN3O6S/c1-15(26(33)30-27-29-21(14-38-27)17-5-4-6-19(13-17)31(34)35)36-25-23(32)20-7-2-3-8-22(20)37-24(25)16-9-11-18(28)12-10-16/h2-15H,1H3,(H,29,30,33). The predicted octanol–water partition coefficient (Wildman–Crippen LogP) is 6.55. The zero-order valence-electron chi connectivity index (χ0n) is 19.7. The molecule has 3 aromatic carbocycles. The number of ether oxygens (including phenoxy) is 1. The minimum atomic E-state index is -1.09. The molecule has 0 saturated heterocycles. The first-order chi connectivity index (χ1) is 18.3. The topological polar surface area (TPSA) is 125 Å². The van der Waals surface area contributed by atoms with Gasteiger partial charge in [0.05, 0.1) is 16.0 Å². The van der Waals surface area contributed by atoms with E-state index in [2.05, 4.69) is 10.3 Å². The smallest absolute Gasteiger partial charge is 0.270 e. The van der Waals surface area contributed by atoms with Crippen molar-refractivity contribution in [2.24, 2.45) is 0 Å². The molecule has 1 unspecified atom stereocenters. The largest absolute Gasteiger partial charge is 0.473 e. The number of hydrogen-bond acceptors (Lipinski definition) is 8. The van der Waals surface area contributed by atoms with Crippen molar-refractivity contribution in [1.29, 1.82) is 0 Å². The lowest BCUT2D eigenvalue weighted by Gasteiger charge is -2.16. The summed E-state index contributed by atoms with van der Waals surface area (Å²) >= 11 is 7.18. The molecule has 5 rings (SSSR count). The lowest BCUT2D eigenvalue weighted by molar-refractivity contribution is -0.384. The van der Waals surface area contributed by atoms with Crippen LogP contribution in [0.5, 0.6) is 5.75 Å². The molecule has 1 N–H and O–H groups in total. The Morgan fingerprint density at radius 2 is 1.87 bits per heavy atom. The summed E-state index contributed by atoms with van der Waals surface area (Å²) in [5.41, 5.74) is 1.47. The van der Waals surface area contributed by atoms with Gasteiger partial charge in [-0.25, -0.2) is 4.98 Å². The average molecular weight is 548 g/mol. The van der Waals surface area contributed by atoms with E-state index in [1.165, 1.54) is 19.1 Å². The molecule has 0 aliphatic carbocycles. The SMILES string of the molecule is CC(Oc1c(-c2ccc(Cl)cc2)oc2ccccc2c1=O)C(=O)Nc1nc(-c2cccc([N+](=O)[O-])c2)cs1. The maximum atomic E-state index is 13.3. The van der Waals surface area contributed by atoms with Gasteiger partial charge in [0.2, 0.25) is 11.2 Å². The molecule has 1 atom stereocenters. The van der Waals surface area contributed by atoms with Crippen molar-refractivity contribution < 1.29 is 18.9 Å². The first-order valence-electron chi connectivity index (χ1n) is 11.3. The molecule has 0 bridgehead atoms. The molecule has 1 amide bonds. The summed E-state index contributed by atoms with van der Waals surface area (Å²) in [5, 5.41) is 16.5. The summed E-state index contributed by atoms with van der Waals surface area (Å²) in [7, 11) is 0. The second-order valence-electron chi connectivity index (χ2n) is 8.19. The average Bonchev–Trinajstić information content (AvgIpc) is 3.39. The van der Waals surface area contributed by atoms with E-state index in [0.29, 0.717) is 32.8 Å². The predicted molar refractivity (Wildman–Crippen MR) is 146 cm³/mol. The number of carbonyl (C=O) groups excluding carboxylic acids is 1. The quantitative estimate of drug-likeness (QED) is 0.181. The second kappa shape index (κ2) is 10.4. The van der Waals surface area contributed by atoms with Crippen LogP contribution >= 0.6 is 22.9 Å². The van der Waals surface area contributed by atoms with E-state index in [1.54, 1.807) is 66.0 Å². The summed E-state index contributed by atoms with van der Waals surface area (Å²) in [4.78, 5) is 41.2. The Bertz CT molecular complexity index is 1730. The fourth-order valence-electron chi connectivity index (χ4n) is 3.70. The molecule has 2 aromatic heterocycles. The Balaban J connectivity index is 1.41. The summed E-state index contributed by atoms with van der Waals surface area (Å²) in [6, 6.07) is 19.5. The second-order valence-corrected chi connectivity index (χ2v) is 9.48. The number of rotatable bonds is 7. The fraction of sp³-hybridized carbons (Fsp3) is 0.0741. The number of amides is 1. The number of non-ortho nitro benzene ring substituents is 1. The number of nitrogens with zero attached hydrogens (tertiary/aromatic N) is 2. The van der Waals surface area contributed by atoms with E-state index < -0.39 is 22.4 Å². The molecule has 0 saturated carbocycles. The molecular formula is C27H18ClN3O6S. The van der Waals surface area contributed by atoms with Gasteiger partial charge in [0.15, 0.2) is 17.0 Å². The van der Waals surface area contributed by atoms with E-state index in [1.807, 2.05) is 0 Å². The Morgan fingerprint density at radius 3 is 2.63 bits per heavy atom. The number of benzene rings is 3. The number of halogens is 1. The number of anilines is 1. The fourth-order valence-corrected chi connectivity index (χ4v) is 4.55. The van der Waals surface area contributed by atoms with Crippen LogP contribution in [0, 0.1) is 10.1 Å². The molecule has 0 spiro atoms. The van der Waals surface area contributed by atoms with Gasteiger partial charge in [0.25, 0.3) is 11.6 Å². The van der Waals surface area contributed by atoms with Crippen molar-refractivity contribution in [2.75, 3.05) is 5.32 Å². The van der Waals surface area contributed by atoms with Gasteiger partial charge >= 0.3 is 0 Å². The number of hydrogen-bond donors (Lipinski definition) is 1.